The second-order valence-electron chi connectivity index (χ2n) is 7.83. The van der Waals surface area contributed by atoms with Gasteiger partial charge in [0.2, 0.25) is 0 Å². The molecule has 0 aliphatic carbocycles. The number of ether oxygens (including phenoxy) is 3. The molecule has 4 rings (SSSR count). The third-order valence-corrected chi connectivity index (χ3v) is 6.09. The lowest BCUT2D eigenvalue weighted by Gasteiger charge is -2.33. The molecular weight excluding hydrogens is 505 g/mol. The third-order valence-electron chi connectivity index (χ3n) is 6.09. The molecule has 0 saturated carbocycles. The van der Waals surface area contributed by atoms with E-state index in [-0.39, 0.29) is 30.1 Å². The summed E-state index contributed by atoms with van der Waals surface area (Å²) in [5.74, 6) is 2.94. The molecule has 0 amide bonds. The monoisotopic (exact) mass is 537 g/mol. The fourth-order valence-corrected chi connectivity index (χ4v) is 4.47. The van der Waals surface area contributed by atoms with Crippen molar-refractivity contribution in [2.24, 2.45) is 10.9 Å². The van der Waals surface area contributed by atoms with E-state index < -0.39 is 0 Å². The van der Waals surface area contributed by atoms with Crippen LogP contribution in [0.15, 0.2) is 47.5 Å². The molecule has 2 aliphatic rings. The molecular formula is C24H32IN3O3. The van der Waals surface area contributed by atoms with E-state index in [0.717, 1.165) is 56.5 Å². The van der Waals surface area contributed by atoms with Gasteiger partial charge in [0, 0.05) is 39.2 Å². The summed E-state index contributed by atoms with van der Waals surface area (Å²) in [7, 11) is 5.21. The molecule has 2 aromatic carbocycles. The molecule has 31 heavy (non-hydrogen) atoms. The molecule has 0 aromatic heterocycles. The molecule has 168 valence electrons. The summed E-state index contributed by atoms with van der Waals surface area (Å²) in [4.78, 5) is 6.86. The van der Waals surface area contributed by atoms with Crippen molar-refractivity contribution in [3.05, 3.63) is 59.2 Å². The molecule has 2 aliphatic heterocycles. The van der Waals surface area contributed by atoms with Crippen molar-refractivity contribution in [2.75, 3.05) is 41.0 Å². The molecule has 7 heteroatoms. The van der Waals surface area contributed by atoms with Crippen molar-refractivity contribution in [3.8, 4) is 11.5 Å². The predicted molar refractivity (Wildman–Crippen MR) is 134 cm³/mol. The van der Waals surface area contributed by atoms with Crippen LogP contribution in [0.1, 0.15) is 29.2 Å². The van der Waals surface area contributed by atoms with Gasteiger partial charge in [0.15, 0.2) is 17.5 Å². The van der Waals surface area contributed by atoms with E-state index in [0.29, 0.717) is 5.92 Å². The molecule has 0 spiro atoms. The summed E-state index contributed by atoms with van der Waals surface area (Å²) in [6, 6.07) is 14.7. The first-order chi connectivity index (χ1) is 14.7. The molecule has 1 N–H and O–H groups in total. The molecule has 1 saturated heterocycles. The average Bonchev–Trinajstić information content (AvgIpc) is 3.27. The Morgan fingerprint density at radius 2 is 1.84 bits per heavy atom. The maximum atomic E-state index is 6.04. The largest absolute Gasteiger partial charge is 0.493 e. The second kappa shape index (κ2) is 11.0. The standard InChI is InChI=1S/C24H31N3O3.HI/c1-25-24(26-15-19-10-12-30-23(19)17-7-5-4-6-8-17)27-11-9-18-13-21(28-2)22(29-3)14-20(18)16-27;/h4-8,13-14,19,23H,9-12,15-16H2,1-3H3,(H,25,26);1H. The van der Waals surface area contributed by atoms with Gasteiger partial charge >= 0.3 is 0 Å². The first kappa shape index (κ1) is 23.7. The van der Waals surface area contributed by atoms with Crippen molar-refractivity contribution < 1.29 is 14.2 Å². The number of nitrogens with one attached hydrogen (secondary N) is 1. The number of halogens is 1. The zero-order valence-electron chi connectivity index (χ0n) is 18.5. The van der Waals surface area contributed by atoms with Gasteiger partial charge < -0.3 is 24.4 Å². The minimum atomic E-state index is 0. The average molecular weight is 537 g/mol. The van der Waals surface area contributed by atoms with Gasteiger partial charge in [-0.3, -0.25) is 4.99 Å². The Bertz CT molecular complexity index is 891. The van der Waals surface area contributed by atoms with E-state index in [9.17, 15) is 0 Å². The first-order valence-electron chi connectivity index (χ1n) is 10.6. The van der Waals surface area contributed by atoms with Gasteiger partial charge in [0.1, 0.15) is 0 Å². The fraction of sp³-hybridized carbons (Fsp3) is 0.458. The molecule has 1 fully saturated rings. The molecule has 0 radical (unpaired) electrons. The van der Waals surface area contributed by atoms with Crippen LogP contribution in [0.4, 0.5) is 0 Å². The summed E-state index contributed by atoms with van der Waals surface area (Å²) < 4.78 is 17.0. The number of guanidine groups is 1. The second-order valence-corrected chi connectivity index (χ2v) is 7.83. The lowest BCUT2D eigenvalue weighted by atomic mass is 9.95. The van der Waals surface area contributed by atoms with Gasteiger partial charge in [-0.15, -0.1) is 24.0 Å². The lowest BCUT2D eigenvalue weighted by molar-refractivity contribution is 0.0913. The first-order valence-corrected chi connectivity index (χ1v) is 10.6. The van der Waals surface area contributed by atoms with Crippen LogP contribution in [-0.2, 0) is 17.7 Å². The highest BCUT2D eigenvalue weighted by Crippen LogP contribution is 2.35. The molecule has 2 heterocycles. The summed E-state index contributed by atoms with van der Waals surface area (Å²) in [6.45, 7) is 3.38. The number of hydrogen-bond donors (Lipinski definition) is 1. The topological polar surface area (TPSA) is 55.3 Å². The summed E-state index contributed by atoms with van der Waals surface area (Å²) in [5, 5.41) is 3.60. The van der Waals surface area contributed by atoms with Crippen molar-refractivity contribution >= 4 is 29.9 Å². The van der Waals surface area contributed by atoms with Crippen LogP contribution in [-0.4, -0.2) is 51.8 Å². The van der Waals surface area contributed by atoms with Gasteiger partial charge in [-0.2, -0.15) is 0 Å². The Labute approximate surface area is 202 Å². The molecule has 2 atom stereocenters. The van der Waals surface area contributed by atoms with Gasteiger partial charge in [-0.25, -0.2) is 0 Å². The number of rotatable bonds is 5. The highest BCUT2D eigenvalue weighted by molar-refractivity contribution is 14.0. The highest BCUT2D eigenvalue weighted by Gasteiger charge is 2.30. The quantitative estimate of drug-likeness (QED) is 0.355. The van der Waals surface area contributed by atoms with Gasteiger partial charge in [0.05, 0.1) is 20.3 Å². The number of methoxy groups -OCH3 is 2. The van der Waals surface area contributed by atoms with Crippen molar-refractivity contribution in [1.82, 2.24) is 10.2 Å². The van der Waals surface area contributed by atoms with Crippen LogP contribution in [0.5, 0.6) is 11.5 Å². The minimum Gasteiger partial charge on any atom is -0.493 e. The zero-order chi connectivity index (χ0) is 20.9. The van der Waals surface area contributed by atoms with Crippen LogP contribution in [0.2, 0.25) is 0 Å². The smallest absolute Gasteiger partial charge is 0.193 e. The summed E-state index contributed by atoms with van der Waals surface area (Å²) in [5.41, 5.74) is 3.82. The van der Waals surface area contributed by atoms with Crippen LogP contribution in [0, 0.1) is 5.92 Å². The van der Waals surface area contributed by atoms with E-state index in [2.05, 4.69) is 51.6 Å². The van der Waals surface area contributed by atoms with Crippen molar-refractivity contribution in [1.29, 1.82) is 0 Å². The van der Waals surface area contributed by atoms with E-state index in [1.165, 1.54) is 16.7 Å². The fourth-order valence-electron chi connectivity index (χ4n) is 4.47. The Balaban J connectivity index is 0.00000272. The van der Waals surface area contributed by atoms with Crippen LogP contribution < -0.4 is 14.8 Å². The summed E-state index contributed by atoms with van der Waals surface area (Å²) >= 11 is 0. The Kier molecular flexibility index (Phi) is 8.43. The van der Waals surface area contributed by atoms with E-state index in [1.54, 1.807) is 14.2 Å². The predicted octanol–water partition coefficient (Wildman–Crippen LogP) is 4.03. The molecule has 0 bridgehead atoms. The van der Waals surface area contributed by atoms with Crippen molar-refractivity contribution in [3.63, 3.8) is 0 Å². The van der Waals surface area contributed by atoms with Crippen LogP contribution in [0.25, 0.3) is 0 Å². The van der Waals surface area contributed by atoms with Gasteiger partial charge in [-0.1, -0.05) is 30.3 Å². The minimum absolute atomic E-state index is 0. The highest BCUT2D eigenvalue weighted by atomic mass is 127. The maximum Gasteiger partial charge on any atom is 0.193 e. The maximum absolute atomic E-state index is 6.04. The Hall–Kier alpha value is -2.00. The third kappa shape index (κ3) is 5.26. The molecule has 2 aromatic rings. The van der Waals surface area contributed by atoms with E-state index in [4.69, 9.17) is 14.2 Å². The Morgan fingerprint density at radius 1 is 1.13 bits per heavy atom. The zero-order valence-corrected chi connectivity index (χ0v) is 20.8. The van der Waals surface area contributed by atoms with Crippen LogP contribution >= 0.6 is 24.0 Å². The van der Waals surface area contributed by atoms with E-state index >= 15 is 0 Å². The van der Waals surface area contributed by atoms with Gasteiger partial charge in [-0.05, 0) is 41.7 Å². The summed E-state index contributed by atoms with van der Waals surface area (Å²) in [6.07, 6.45) is 2.16. The molecule has 2 unspecified atom stereocenters. The number of benzene rings is 2. The number of nitrogens with zero attached hydrogens (tertiary/aromatic N) is 2. The number of hydrogen-bond acceptors (Lipinski definition) is 4. The number of aliphatic imine (C=N–C) groups is 1. The van der Waals surface area contributed by atoms with Crippen LogP contribution in [0.3, 0.4) is 0 Å². The normalized spacial score (nSPS) is 20.6. The SMILES string of the molecule is CN=C(NCC1CCOC1c1ccccc1)N1CCc2cc(OC)c(OC)cc2C1.I. The lowest BCUT2D eigenvalue weighted by Crippen LogP contribution is -2.45. The molecule has 6 nitrogen and oxygen atoms in total. The van der Waals surface area contributed by atoms with Gasteiger partial charge in [0.25, 0.3) is 0 Å². The number of fused-ring (bicyclic) bond motifs is 1. The Morgan fingerprint density at radius 3 is 2.52 bits per heavy atom. The van der Waals surface area contributed by atoms with Crippen molar-refractivity contribution in [2.45, 2.75) is 25.5 Å². The van der Waals surface area contributed by atoms with E-state index in [1.807, 2.05) is 13.1 Å².